The molecular weight excluding hydrogens is 242 g/mol. The van der Waals surface area contributed by atoms with Gasteiger partial charge in [-0.05, 0) is 31.2 Å². The maximum absolute atomic E-state index is 5.58. The summed E-state index contributed by atoms with van der Waals surface area (Å²) in [7, 11) is 0. The first-order valence-corrected chi connectivity index (χ1v) is 6.44. The summed E-state index contributed by atoms with van der Waals surface area (Å²) in [6.45, 7) is 7.24. The molecule has 1 aromatic carbocycles. The molecule has 1 aromatic heterocycles. The lowest BCUT2D eigenvalue weighted by molar-refractivity contribution is 0.260. The van der Waals surface area contributed by atoms with Crippen LogP contribution in [0.1, 0.15) is 37.2 Å². The Balaban J connectivity index is 1.91. The van der Waals surface area contributed by atoms with Crippen LogP contribution in [-0.4, -0.2) is 16.7 Å². The molecule has 19 heavy (non-hydrogen) atoms. The second-order valence-electron chi connectivity index (χ2n) is 4.35. The third kappa shape index (κ3) is 3.79. The number of benzene rings is 1. The number of ether oxygens (including phenoxy) is 1. The molecule has 0 bridgehead atoms. The van der Waals surface area contributed by atoms with Crippen molar-refractivity contribution in [2.75, 3.05) is 6.54 Å². The van der Waals surface area contributed by atoms with E-state index >= 15 is 0 Å². The van der Waals surface area contributed by atoms with E-state index in [2.05, 4.69) is 41.5 Å². The van der Waals surface area contributed by atoms with Crippen molar-refractivity contribution < 1.29 is 9.15 Å². The minimum atomic E-state index is 0.295. The maximum Gasteiger partial charge on any atom is 0.253 e. The molecule has 102 valence electrons. The van der Waals surface area contributed by atoms with Crippen LogP contribution in [0.3, 0.4) is 0 Å². The quantitative estimate of drug-likeness (QED) is 0.866. The van der Waals surface area contributed by atoms with E-state index in [-0.39, 0.29) is 0 Å². The molecule has 2 aromatic rings. The van der Waals surface area contributed by atoms with E-state index in [4.69, 9.17) is 9.15 Å². The van der Waals surface area contributed by atoms with Gasteiger partial charge in [-0.15, -0.1) is 10.2 Å². The SMILES string of the molecule is CCNC(C)c1ccc(OCc2nnc(C)o2)cc1. The molecule has 0 amide bonds. The number of nitrogens with one attached hydrogen (secondary N) is 1. The first-order valence-electron chi connectivity index (χ1n) is 6.44. The van der Waals surface area contributed by atoms with Crippen LogP contribution in [-0.2, 0) is 6.61 Å². The van der Waals surface area contributed by atoms with Gasteiger partial charge in [0.15, 0.2) is 6.61 Å². The van der Waals surface area contributed by atoms with E-state index in [1.807, 2.05) is 12.1 Å². The number of hydrogen-bond donors (Lipinski definition) is 1. The highest BCUT2D eigenvalue weighted by Gasteiger charge is 2.05. The zero-order chi connectivity index (χ0) is 13.7. The Morgan fingerprint density at radius 2 is 2.00 bits per heavy atom. The molecular formula is C14H19N3O2. The fraction of sp³-hybridized carbons (Fsp3) is 0.429. The van der Waals surface area contributed by atoms with E-state index in [0.29, 0.717) is 24.4 Å². The Morgan fingerprint density at radius 1 is 1.26 bits per heavy atom. The van der Waals surface area contributed by atoms with Gasteiger partial charge >= 0.3 is 0 Å². The standard InChI is InChI=1S/C14H19N3O2/c1-4-15-10(2)12-5-7-13(8-6-12)18-9-14-17-16-11(3)19-14/h5-8,10,15H,4,9H2,1-3H3. The van der Waals surface area contributed by atoms with Crippen LogP contribution >= 0.6 is 0 Å². The summed E-state index contributed by atoms with van der Waals surface area (Å²) >= 11 is 0. The highest BCUT2D eigenvalue weighted by molar-refractivity contribution is 5.28. The molecule has 5 heteroatoms. The molecule has 0 aliphatic heterocycles. The first kappa shape index (κ1) is 13.5. The lowest BCUT2D eigenvalue weighted by Gasteiger charge is -2.13. The summed E-state index contributed by atoms with van der Waals surface area (Å²) in [5.41, 5.74) is 1.24. The van der Waals surface area contributed by atoms with Crippen molar-refractivity contribution in [3.05, 3.63) is 41.6 Å². The Hall–Kier alpha value is -1.88. The summed E-state index contributed by atoms with van der Waals surface area (Å²) in [6.07, 6.45) is 0. The van der Waals surface area contributed by atoms with Crippen molar-refractivity contribution in [2.45, 2.75) is 33.4 Å². The van der Waals surface area contributed by atoms with Crippen LogP contribution in [0.25, 0.3) is 0 Å². The fourth-order valence-corrected chi connectivity index (χ4v) is 1.82. The van der Waals surface area contributed by atoms with Crippen molar-refractivity contribution >= 4 is 0 Å². The summed E-state index contributed by atoms with van der Waals surface area (Å²) < 4.78 is 10.8. The van der Waals surface area contributed by atoms with Crippen molar-refractivity contribution in [1.29, 1.82) is 0 Å². The van der Waals surface area contributed by atoms with Gasteiger partial charge in [0.2, 0.25) is 5.89 Å². The van der Waals surface area contributed by atoms with Crippen LogP contribution in [0.2, 0.25) is 0 Å². The molecule has 0 saturated carbocycles. The molecule has 1 N–H and O–H groups in total. The Bertz CT molecular complexity index is 508. The predicted molar refractivity (Wildman–Crippen MR) is 71.9 cm³/mol. The van der Waals surface area contributed by atoms with E-state index in [1.54, 1.807) is 6.92 Å². The second kappa shape index (κ2) is 6.33. The van der Waals surface area contributed by atoms with Crippen LogP contribution < -0.4 is 10.1 Å². The molecule has 1 heterocycles. The molecule has 0 aliphatic carbocycles. The largest absolute Gasteiger partial charge is 0.484 e. The van der Waals surface area contributed by atoms with Gasteiger partial charge in [0.25, 0.3) is 5.89 Å². The van der Waals surface area contributed by atoms with E-state index in [9.17, 15) is 0 Å². The molecule has 2 rings (SSSR count). The Labute approximate surface area is 113 Å². The zero-order valence-corrected chi connectivity index (χ0v) is 11.5. The molecule has 1 atom stereocenters. The van der Waals surface area contributed by atoms with Crippen molar-refractivity contribution in [2.24, 2.45) is 0 Å². The predicted octanol–water partition coefficient (Wildman–Crippen LogP) is 2.63. The zero-order valence-electron chi connectivity index (χ0n) is 11.5. The average Bonchev–Trinajstić information content (AvgIpc) is 2.83. The fourth-order valence-electron chi connectivity index (χ4n) is 1.82. The highest BCUT2D eigenvalue weighted by Crippen LogP contribution is 2.18. The van der Waals surface area contributed by atoms with E-state index in [1.165, 1.54) is 5.56 Å². The Morgan fingerprint density at radius 3 is 2.58 bits per heavy atom. The van der Waals surface area contributed by atoms with Crippen LogP contribution in [0.4, 0.5) is 0 Å². The number of aromatic nitrogens is 2. The molecule has 0 aliphatic rings. The van der Waals surface area contributed by atoms with Gasteiger partial charge in [0, 0.05) is 13.0 Å². The maximum atomic E-state index is 5.58. The molecule has 5 nitrogen and oxygen atoms in total. The molecule has 1 unspecified atom stereocenters. The molecule has 0 spiro atoms. The van der Waals surface area contributed by atoms with Gasteiger partial charge < -0.3 is 14.5 Å². The number of aryl methyl sites for hydroxylation is 1. The van der Waals surface area contributed by atoms with E-state index in [0.717, 1.165) is 12.3 Å². The monoisotopic (exact) mass is 261 g/mol. The lowest BCUT2D eigenvalue weighted by Crippen LogP contribution is -2.17. The third-order valence-electron chi connectivity index (χ3n) is 2.82. The van der Waals surface area contributed by atoms with Crippen molar-refractivity contribution in [3.63, 3.8) is 0 Å². The minimum Gasteiger partial charge on any atom is -0.484 e. The van der Waals surface area contributed by atoms with Gasteiger partial charge in [-0.2, -0.15) is 0 Å². The average molecular weight is 261 g/mol. The number of nitrogens with zero attached hydrogens (tertiary/aromatic N) is 2. The summed E-state index contributed by atoms with van der Waals surface area (Å²) in [5, 5.41) is 11.0. The van der Waals surface area contributed by atoms with Crippen LogP contribution in [0.5, 0.6) is 5.75 Å². The topological polar surface area (TPSA) is 60.2 Å². The van der Waals surface area contributed by atoms with Gasteiger partial charge in [-0.25, -0.2) is 0 Å². The number of rotatable bonds is 6. The second-order valence-corrected chi connectivity index (χ2v) is 4.35. The minimum absolute atomic E-state index is 0.295. The van der Waals surface area contributed by atoms with Crippen LogP contribution in [0, 0.1) is 6.92 Å². The van der Waals surface area contributed by atoms with Crippen LogP contribution in [0.15, 0.2) is 28.7 Å². The lowest BCUT2D eigenvalue weighted by atomic mass is 10.1. The summed E-state index contributed by atoms with van der Waals surface area (Å²) in [5.74, 6) is 1.83. The molecule has 0 fully saturated rings. The summed E-state index contributed by atoms with van der Waals surface area (Å²) in [6, 6.07) is 8.36. The van der Waals surface area contributed by atoms with E-state index < -0.39 is 0 Å². The molecule has 0 radical (unpaired) electrons. The summed E-state index contributed by atoms with van der Waals surface area (Å²) in [4.78, 5) is 0. The van der Waals surface area contributed by atoms with Gasteiger partial charge in [0.1, 0.15) is 5.75 Å². The van der Waals surface area contributed by atoms with Gasteiger partial charge in [0.05, 0.1) is 0 Å². The first-order chi connectivity index (χ1) is 9.19. The molecule has 0 saturated heterocycles. The highest BCUT2D eigenvalue weighted by atomic mass is 16.5. The Kier molecular flexibility index (Phi) is 4.52. The van der Waals surface area contributed by atoms with Crippen molar-refractivity contribution in [1.82, 2.24) is 15.5 Å². The van der Waals surface area contributed by atoms with Gasteiger partial charge in [-0.3, -0.25) is 0 Å². The van der Waals surface area contributed by atoms with Gasteiger partial charge in [-0.1, -0.05) is 19.1 Å². The normalized spacial score (nSPS) is 12.4. The third-order valence-corrected chi connectivity index (χ3v) is 2.82. The van der Waals surface area contributed by atoms with Crippen molar-refractivity contribution in [3.8, 4) is 5.75 Å². The smallest absolute Gasteiger partial charge is 0.253 e. The number of hydrogen-bond acceptors (Lipinski definition) is 5.